The molecule has 2 aromatic rings. The fourth-order valence-electron chi connectivity index (χ4n) is 1.69. The minimum atomic E-state index is -0.225. The van der Waals surface area contributed by atoms with Crippen molar-refractivity contribution in [1.29, 1.82) is 0 Å². The lowest BCUT2D eigenvalue weighted by Gasteiger charge is -2.06. The zero-order valence-corrected chi connectivity index (χ0v) is 12.4. The normalized spacial score (nSPS) is 10.2. The summed E-state index contributed by atoms with van der Waals surface area (Å²) in [6.07, 6.45) is 0. The number of hydrogen-bond donors (Lipinski definition) is 3. The molecule has 110 valence electrons. The zero-order chi connectivity index (χ0) is 15.2. The third kappa shape index (κ3) is 4.37. The van der Waals surface area contributed by atoms with E-state index in [1.807, 2.05) is 12.1 Å². The molecule has 0 spiro atoms. The summed E-state index contributed by atoms with van der Waals surface area (Å²) in [5.74, 6) is -0.341. The van der Waals surface area contributed by atoms with Gasteiger partial charge in [-0.1, -0.05) is 12.1 Å². The summed E-state index contributed by atoms with van der Waals surface area (Å²) in [5.41, 5.74) is 7.51. The van der Waals surface area contributed by atoms with Gasteiger partial charge >= 0.3 is 0 Å². The van der Waals surface area contributed by atoms with Gasteiger partial charge in [0.15, 0.2) is 0 Å². The number of nitrogens with two attached hydrogens (primary N) is 1. The minimum Gasteiger partial charge on any atom is -0.347 e. The molecule has 1 heterocycles. The minimum absolute atomic E-state index is 0.115. The van der Waals surface area contributed by atoms with Crippen molar-refractivity contribution in [2.75, 3.05) is 5.32 Å². The van der Waals surface area contributed by atoms with Gasteiger partial charge in [0, 0.05) is 31.1 Å². The molecule has 21 heavy (non-hydrogen) atoms. The fraction of sp³-hybridized carbons (Fsp3) is 0.214. The number of nitrogens with zero attached hydrogens (tertiary/aromatic N) is 1. The number of amides is 2. The van der Waals surface area contributed by atoms with E-state index >= 15 is 0 Å². The molecule has 0 atom stereocenters. The SMILES string of the molecule is CC(=O)Nc1ccc(CNC(=O)c2csc(CN)n2)cc1. The Morgan fingerprint density at radius 1 is 1.29 bits per heavy atom. The van der Waals surface area contributed by atoms with E-state index in [1.165, 1.54) is 18.3 Å². The molecule has 6 nitrogen and oxygen atoms in total. The maximum absolute atomic E-state index is 11.9. The molecule has 1 aromatic carbocycles. The standard InChI is InChI=1S/C14H16N4O2S/c1-9(19)17-11-4-2-10(3-5-11)7-16-14(20)12-8-21-13(6-15)18-12/h2-5,8H,6-7,15H2,1H3,(H,16,20)(H,17,19). The molecule has 0 radical (unpaired) electrons. The van der Waals surface area contributed by atoms with Crippen LogP contribution < -0.4 is 16.4 Å². The van der Waals surface area contributed by atoms with Crippen molar-refractivity contribution < 1.29 is 9.59 Å². The van der Waals surface area contributed by atoms with E-state index in [2.05, 4.69) is 15.6 Å². The number of thiazole rings is 1. The molecule has 7 heteroatoms. The van der Waals surface area contributed by atoms with Crippen LogP contribution in [0, 0.1) is 0 Å². The smallest absolute Gasteiger partial charge is 0.271 e. The van der Waals surface area contributed by atoms with Crippen molar-refractivity contribution >= 4 is 28.8 Å². The van der Waals surface area contributed by atoms with Gasteiger partial charge in [0.2, 0.25) is 5.91 Å². The third-order valence-electron chi connectivity index (χ3n) is 2.69. The number of anilines is 1. The quantitative estimate of drug-likeness (QED) is 0.779. The molecule has 0 aliphatic heterocycles. The lowest BCUT2D eigenvalue weighted by atomic mass is 10.2. The van der Waals surface area contributed by atoms with Gasteiger partial charge in [-0.3, -0.25) is 9.59 Å². The fourth-order valence-corrected chi connectivity index (χ4v) is 2.35. The van der Waals surface area contributed by atoms with Gasteiger partial charge < -0.3 is 16.4 Å². The van der Waals surface area contributed by atoms with Crippen molar-refractivity contribution in [3.05, 3.63) is 45.9 Å². The molecule has 4 N–H and O–H groups in total. The summed E-state index contributed by atoms with van der Waals surface area (Å²) < 4.78 is 0. The van der Waals surface area contributed by atoms with Crippen LogP contribution in [0.5, 0.6) is 0 Å². The number of rotatable bonds is 5. The highest BCUT2D eigenvalue weighted by atomic mass is 32.1. The van der Waals surface area contributed by atoms with Crippen molar-refractivity contribution in [3.8, 4) is 0 Å². The monoisotopic (exact) mass is 304 g/mol. The van der Waals surface area contributed by atoms with Crippen LogP contribution in [-0.4, -0.2) is 16.8 Å². The number of carbonyl (C=O) groups is 2. The van der Waals surface area contributed by atoms with E-state index in [0.717, 1.165) is 16.3 Å². The maximum atomic E-state index is 11.9. The molecule has 0 bridgehead atoms. The van der Waals surface area contributed by atoms with E-state index in [0.29, 0.717) is 18.8 Å². The van der Waals surface area contributed by atoms with E-state index in [1.54, 1.807) is 17.5 Å². The van der Waals surface area contributed by atoms with Gasteiger partial charge in [-0.25, -0.2) is 4.98 Å². The van der Waals surface area contributed by atoms with Crippen molar-refractivity contribution in [2.24, 2.45) is 5.73 Å². The Labute approximate surface area is 126 Å². The van der Waals surface area contributed by atoms with E-state index < -0.39 is 0 Å². The summed E-state index contributed by atoms with van der Waals surface area (Å²) in [6.45, 7) is 2.19. The lowest BCUT2D eigenvalue weighted by molar-refractivity contribution is -0.114. The molecule has 2 rings (SSSR count). The highest BCUT2D eigenvalue weighted by molar-refractivity contribution is 7.09. The second kappa shape index (κ2) is 6.96. The number of hydrogen-bond acceptors (Lipinski definition) is 5. The molecule has 0 unspecified atom stereocenters. The Bertz CT molecular complexity index is 637. The van der Waals surface area contributed by atoms with Crippen LogP contribution in [0.25, 0.3) is 0 Å². The first-order valence-corrected chi connectivity index (χ1v) is 7.25. The van der Waals surface area contributed by atoms with Gasteiger partial charge in [-0.2, -0.15) is 0 Å². The van der Waals surface area contributed by atoms with Gasteiger partial charge in [0.1, 0.15) is 10.7 Å². The molecule has 0 fully saturated rings. The summed E-state index contributed by atoms with van der Waals surface area (Å²) >= 11 is 1.37. The van der Waals surface area contributed by atoms with E-state index in [-0.39, 0.29) is 11.8 Å². The molecular formula is C14H16N4O2S. The number of aromatic nitrogens is 1. The van der Waals surface area contributed by atoms with Crippen molar-refractivity contribution in [2.45, 2.75) is 20.0 Å². The van der Waals surface area contributed by atoms with Gasteiger partial charge in [0.05, 0.1) is 0 Å². The maximum Gasteiger partial charge on any atom is 0.271 e. The zero-order valence-electron chi connectivity index (χ0n) is 11.6. The van der Waals surface area contributed by atoms with Crippen LogP contribution in [0.15, 0.2) is 29.6 Å². The van der Waals surface area contributed by atoms with Crippen LogP contribution in [0.3, 0.4) is 0 Å². The van der Waals surface area contributed by atoms with Crippen LogP contribution >= 0.6 is 11.3 Å². The summed E-state index contributed by atoms with van der Waals surface area (Å²) in [4.78, 5) is 26.9. The largest absolute Gasteiger partial charge is 0.347 e. The van der Waals surface area contributed by atoms with Gasteiger partial charge in [0.25, 0.3) is 5.91 Å². The predicted octanol–water partition coefficient (Wildman–Crippen LogP) is 1.49. The summed E-state index contributed by atoms with van der Waals surface area (Å²) in [5, 5.41) is 7.90. The molecular weight excluding hydrogens is 288 g/mol. The second-order valence-electron chi connectivity index (χ2n) is 4.39. The second-order valence-corrected chi connectivity index (χ2v) is 5.33. The topological polar surface area (TPSA) is 97.1 Å². The van der Waals surface area contributed by atoms with Crippen LogP contribution in [0.2, 0.25) is 0 Å². The number of nitrogens with one attached hydrogen (secondary N) is 2. The van der Waals surface area contributed by atoms with Crippen molar-refractivity contribution in [3.63, 3.8) is 0 Å². The Hall–Kier alpha value is -2.25. The Kier molecular flexibility index (Phi) is 5.02. The van der Waals surface area contributed by atoms with E-state index in [9.17, 15) is 9.59 Å². The highest BCUT2D eigenvalue weighted by Gasteiger charge is 2.09. The first-order chi connectivity index (χ1) is 10.1. The van der Waals surface area contributed by atoms with Crippen LogP contribution in [0.1, 0.15) is 28.0 Å². The van der Waals surface area contributed by atoms with E-state index in [4.69, 9.17) is 5.73 Å². The summed E-state index contributed by atoms with van der Waals surface area (Å²) in [6, 6.07) is 7.27. The van der Waals surface area contributed by atoms with Crippen molar-refractivity contribution in [1.82, 2.24) is 10.3 Å². The highest BCUT2D eigenvalue weighted by Crippen LogP contribution is 2.11. The third-order valence-corrected chi connectivity index (χ3v) is 3.56. The molecule has 0 aliphatic carbocycles. The van der Waals surface area contributed by atoms with Gasteiger partial charge in [-0.15, -0.1) is 11.3 Å². The molecule has 0 aliphatic rings. The van der Waals surface area contributed by atoms with Crippen LogP contribution in [0.4, 0.5) is 5.69 Å². The number of benzene rings is 1. The molecule has 0 saturated heterocycles. The average Bonchev–Trinajstić information content (AvgIpc) is 2.94. The number of carbonyl (C=O) groups excluding carboxylic acids is 2. The molecule has 0 saturated carbocycles. The Morgan fingerprint density at radius 2 is 2.00 bits per heavy atom. The molecule has 2 amide bonds. The first-order valence-electron chi connectivity index (χ1n) is 6.37. The first kappa shape index (κ1) is 15.1. The predicted molar refractivity (Wildman–Crippen MR) is 81.9 cm³/mol. The van der Waals surface area contributed by atoms with Gasteiger partial charge in [-0.05, 0) is 17.7 Å². The lowest BCUT2D eigenvalue weighted by Crippen LogP contribution is -2.23. The summed E-state index contributed by atoms with van der Waals surface area (Å²) in [7, 11) is 0. The Morgan fingerprint density at radius 3 is 2.57 bits per heavy atom. The Balaban J connectivity index is 1.90. The average molecular weight is 304 g/mol. The molecule has 1 aromatic heterocycles. The van der Waals surface area contributed by atoms with Crippen LogP contribution in [-0.2, 0) is 17.9 Å².